The maximum absolute atomic E-state index is 8.81. The first-order chi connectivity index (χ1) is 5.70. The number of hydrogen-bond acceptors (Lipinski definition) is 3. The lowest BCUT2D eigenvalue weighted by atomic mass is 9.96. The Kier molecular flexibility index (Phi) is 3.50. The highest BCUT2D eigenvalue weighted by molar-refractivity contribution is 4.93. The van der Waals surface area contributed by atoms with E-state index in [1.807, 2.05) is 0 Å². The SMILES string of the molecule is CCCN1CCC(N)(CCO)C1. The molecule has 0 aromatic rings. The molecular weight excluding hydrogens is 152 g/mol. The Balaban J connectivity index is 2.32. The highest BCUT2D eigenvalue weighted by Gasteiger charge is 2.32. The van der Waals surface area contributed by atoms with E-state index in [9.17, 15) is 0 Å². The lowest BCUT2D eigenvalue weighted by molar-refractivity contribution is 0.231. The fourth-order valence-corrected chi connectivity index (χ4v) is 1.92. The van der Waals surface area contributed by atoms with E-state index in [0.717, 1.165) is 32.5 Å². The third-order valence-electron chi connectivity index (χ3n) is 2.61. The topological polar surface area (TPSA) is 49.5 Å². The summed E-state index contributed by atoms with van der Waals surface area (Å²) < 4.78 is 0. The lowest BCUT2D eigenvalue weighted by Gasteiger charge is -2.23. The summed E-state index contributed by atoms with van der Waals surface area (Å²) in [6.45, 7) is 5.61. The van der Waals surface area contributed by atoms with Gasteiger partial charge in [0.25, 0.3) is 0 Å². The molecular formula is C9H20N2O. The van der Waals surface area contributed by atoms with Gasteiger partial charge >= 0.3 is 0 Å². The number of aliphatic hydroxyl groups excluding tert-OH is 1. The van der Waals surface area contributed by atoms with Gasteiger partial charge in [0, 0.05) is 25.2 Å². The van der Waals surface area contributed by atoms with Crippen molar-refractivity contribution in [2.24, 2.45) is 5.73 Å². The molecule has 0 aromatic carbocycles. The third kappa shape index (κ3) is 2.44. The second kappa shape index (κ2) is 4.21. The van der Waals surface area contributed by atoms with Gasteiger partial charge in [-0.05, 0) is 25.8 Å². The average Bonchev–Trinajstić information content (AvgIpc) is 2.34. The lowest BCUT2D eigenvalue weighted by Crippen LogP contribution is -2.43. The average molecular weight is 172 g/mol. The third-order valence-corrected chi connectivity index (χ3v) is 2.61. The van der Waals surface area contributed by atoms with Crippen molar-refractivity contribution in [3.63, 3.8) is 0 Å². The summed E-state index contributed by atoms with van der Waals surface area (Å²) in [6, 6.07) is 0. The van der Waals surface area contributed by atoms with Crippen molar-refractivity contribution < 1.29 is 5.11 Å². The fraction of sp³-hybridized carbons (Fsp3) is 1.00. The van der Waals surface area contributed by atoms with Crippen molar-refractivity contribution in [1.82, 2.24) is 4.90 Å². The van der Waals surface area contributed by atoms with Gasteiger partial charge in [0.15, 0.2) is 0 Å². The van der Waals surface area contributed by atoms with Gasteiger partial charge in [-0.3, -0.25) is 0 Å². The largest absolute Gasteiger partial charge is 0.396 e. The van der Waals surface area contributed by atoms with E-state index in [4.69, 9.17) is 10.8 Å². The highest BCUT2D eigenvalue weighted by atomic mass is 16.3. The molecule has 0 bridgehead atoms. The number of likely N-dealkylation sites (tertiary alicyclic amines) is 1. The molecule has 12 heavy (non-hydrogen) atoms. The predicted molar refractivity (Wildman–Crippen MR) is 50.0 cm³/mol. The molecule has 3 nitrogen and oxygen atoms in total. The molecule has 3 heteroatoms. The molecule has 1 aliphatic rings. The summed E-state index contributed by atoms with van der Waals surface area (Å²) in [5.41, 5.74) is 5.98. The van der Waals surface area contributed by atoms with Gasteiger partial charge in [-0.1, -0.05) is 6.92 Å². The van der Waals surface area contributed by atoms with Gasteiger partial charge in [-0.25, -0.2) is 0 Å². The summed E-state index contributed by atoms with van der Waals surface area (Å²) in [7, 11) is 0. The van der Waals surface area contributed by atoms with E-state index in [1.165, 1.54) is 6.42 Å². The minimum Gasteiger partial charge on any atom is -0.396 e. The predicted octanol–water partition coefficient (Wildman–Crippen LogP) is 0.182. The van der Waals surface area contributed by atoms with Crippen LogP contribution in [0.1, 0.15) is 26.2 Å². The number of hydrogen-bond donors (Lipinski definition) is 2. The number of nitrogens with two attached hydrogens (primary N) is 1. The Morgan fingerprint density at radius 1 is 1.58 bits per heavy atom. The molecule has 1 unspecified atom stereocenters. The zero-order chi connectivity index (χ0) is 9.03. The number of rotatable bonds is 4. The van der Waals surface area contributed by atoms with Crippen LogP contribution in [0.4, 0.5) is 0 Å². The summed E-state index contributed by atoms with van der Waals surface area (Å²) in [5, 5.41) is 8.81. The Labute approximate surface area is 74.5 Å². The van der Waals surface area contributed by atoms with Gasteiger partial charge in [0.05, 0.1) is 0 Å². The van der Waals surface area contributed by atoms with Gasteiger partial charge in [0.2, 0.25) is 0 Å². The van der Waals surface area contributed by atoms with Crippen LogP contribution in [-0.2, 0) is 0 Å². The zero-order valence-electron chi connectivity index (χ0n) is 7.92. The van der Waals surface area contributed by atoms with Crippen LogP contribution in [0.15, 0.2) is 0 Å². The minimum absolute atomic E-state index is 0.107. The van der Waals surface area contributed by atoms with Crippen LogP contribution in [-0.4, -0.2) is 41.8 Å². The van der Waals surface area contributed by atoms with Crippen LogP contribution in [0.2, 0.25) is 0 Å². The van der Waals surface area contributed by atoms with Crippen molar-refractivity contribution in [3.8, 4) is 0 Å². The summed E-state index contributed by atoms with van der Waals surface area (Å²) >= 11 is 0. The molecule has 1 atom stereocenters. The van der Waals surface area contributed by atoms with Crippen molar-refractivity contribution >= 4 is 0 Å². The van der Waals surface area contributed by atoms with Crippen LogP contribution in [0.3, 0.4) is 0 Å². The van der Waals surface area contributed by atoms with E-state index in [2.05, 4.69) is 11.8 Å². The van der Waals surface area contributed by atoms with Gasteiger partial charge in [-0.2, -0.15) is 0 Å². The van der Waals surface area contributed by atoms with Crippen molar-refractivity contribution in [3.05, 3.63) is 0 Å². The normalized spacial score (nSPS) is 31.2. The summed E-state index contributed by atoms with van der Waals surface area (Å²) in [4.78, 5) is 2.38. The molecule has 0 spiro atoms. The Morgan fingerprint density at radius 2 is 2.33 bits per heavy atom. The fourth-order valence-electron chi connectivity index (χ4n) is 1.92. The Morgan fingerprint density at radius 3 is 2.92 bits per heavy atom. The van der Waals surface area contributed by atoms with Gasteiger partial charge in [-0.15, -0.1) is 0 Å². The van der Waals surface area contributed by atoms with Gasteiger partial charge < -0.3 is 15.7 Å². The van der Waals surface area contributed by atoms with Crippen LogP contribution in [0, 0.1) is 0 Å². The standard InChI is InChI=1S/C9H20N2O/c1-2-5-11-6-3-9(10,8-11)4-7-12/h12H,2-8,10H2,1H3. The van der Waals surface area contributed by atoms with E-state index in [0.29, 0.717) is 0 Å². The van der Waals surface area contributed by atoms with E-state index in [-0.39, 0.29) is 12.1 Å². The molecule has 0 aliphatic carbocycles. The number of nitrogens with zero attached hydrogens (tertiary/aromatic N) is 1. The molecule has 3 N–H and O–H groups in total. The van der Waals surface area contributed by atoms with Crippen LogP contribution in [0.25, 0.3) is 0 Å². The maximum atomic E-state index is 8.81. The molecule has 0 saturated carbocycles. The zero-order valence-corrected chi connectivity index (χ0v) is 7.92. The molecule has 1 aliphatic heterocycles. The first-order valence-electron chi connectivity index (χ1n) is 4.82. The Hall–Kier alpha value is -0.120. The van der Waals surface area contributed by atoms with Crippen molar-refractivity contribution in [2.45, 2.75) is 31.7 Å². The molecule has 1 heterocycles. The second-order valence-corrected chi connectivity index (χ2v) is 3.86. The molecule has 0 amide bonds. The van der Waals surface area contributed by atoms with Crippen molar-refractivity contribution in [1.29, 1.82) is 0 Å². The quantitative estimate of drug-likeness (QED) is 0.636. The molecule has 72 valence electrons. The number of aliphatic hydroxyl groups is 1. The molecule has 1 fully saturated rings. The van der Waals surface area contributed by atoms with Crippen LogP contribution >= 0.6 is 0 Å². The highest BCUT2D eigenvalue weighted by Crippen LogP contribution is 2.21. The molecule has 0 radical (unpaired) electrons. The molecule has 1 saturated heterocycles. The first kappa shape index (κ1) is 9.96. The Bertz CT molecular complexity index is 140. The first-order valence-corrected chi connectivity index (χ1v) is 4.82. The van der Waals surface area contributed by atoms with E-state index >= 15 is 0 Å². The minimum atomic E-state index is -0.107. The maximum Gasteiger partial charge on any atom is 0.0449 e. The smallest absolute Gasteiger partial charge is 0.0449 e. The van der Waals surface area contributed by atoms with Crippen molar-refractivity contribution in [2.75, 3.05) is 26.2 Å². The molecule has 1 rings (SSSR count). The van der Waals surface area contributed by atoms with Crippen LogP contribution < -0.4 is 5.73 Å². The van der Waals surface area contributed by atoms with E-state index in [1.54, 1.807) is 0 Å². The van der Waals surface area contributed by atoms with E-state index < -0.39 is 0 Å². The van der Waals surface area contributed by atoms with Gasteiger partial charge in [0.1, 0.15) is 0 Å². The molecule has 0 aromatic heterocycles. The summed E-state index contributed by atoms with van der Waals surface area (Å²) in [6.07, 6.45) is 2.97. The second-order valence-electron chi connectivity index (χ2n) is 3.86. The van der Waals surface area contributed by atoms with Crippen LogP contribution in [0.5, 0.6) is 0 Å². The summed E-state index contributed by atoms with van der Waals surface area (Å²) in [5.74, 6) is 0. The monoisotopic (exact) mass is 172 g/mol.